The van der Waals surface area contributed by atoms with Gasteiger partial charge in [0, 0.05) is 37.6 Å². The number of benzene rings is 1. The van der Waals surface area contributed by atoms with Gasteiger partial charge in [-0.15, -0.1) is 0 Å². The highest BCUT2D eigenvalue weighted by Crippen LogP contribution is 2.35. The van der Waals surface area contributed by atoms with E-state index < -0.39 is 0 Å². The van der Waals surface area contributed by atoms with Crippen LogP contribution < -0.4 is 5.32 Å². The fourth-order valence-corrected chi connectivity index (χ4v) is 4.04. The van der Waals surface area contributed by atoms with Crippen molar-refractivity contribution in [1.82, 2.24) is 15.1 Å². The predicted octanol–water partition coefficient (Wildman–Crippen LogP) is 1.94. The van der Waals surface area contributed by atoms with E-state index in [1.165, 1.54) is 44.6 Å². The predicted molar refractivity (Wildman–Crippen MR) is 88.8 cm³/mol. The topological polar surface area (TPSA) is 18.5 Å². The second-order valence-electron chi connectivity index (χ2n) is 6.98. The SMILES string of the molecule is CC1CN(C)CCN1CC1(c2ccccc2)CCNCC1. The van der Waals surface area contributed by atoms with Gasteiger partial charge >= 0.3 is 0 Å². The van der Waals surface area contributed by atoms with Gasteiger partial charge in [-0.25, -0.2) is 0 Å². The summed E-state index contributed by atoms with van der Waals surface area (Å²) in [7, 11) is 2.24. The summed E-state index contributed by atoms with van der Waals surface area (Å²) in [5.74, 6) is 0. The van der Waals surface area contributed by atoms with Gasteiger partial charge in [0.1, 0.15) is 0 Å². The van der Waals surface area contributed by atoms with E-state index in [1.807, 2.05) is 0 Å². The van der Waals surface area contributed by atoms with Crippen molar-refractivity contribution in [3.8, 4) is 0 Å². The third kappa shape index (κ3) is 3.31. The quantitative estimate of drug-likeness (QED) is 0.916. The van der Waals surface area contributed by atoms with Crippen LogP contribution in [0.4, 0.5) is 0 Å². The lowest BCUT2D eigenvalue weighted by Crippen LogP contribution is -2.56. The average molecular weight is 287 g/mol. The van der Waals surface area contributed by atoms with Crippen molar-refractivity contribution in [2.24, 2.45) is 0 Å². The molecular formula is C18H29N3. The van der Waals surface area contributed by atoms with Crippen molar-refractivity contribution < 1.29 is 0 Å². The summed E-state index contributed by atoms with van der Waals surface area (Å²) in [6.07, 6.45) is 2.52. The molecule has 116 valence electrons. The maximum atomic E-state index is 3.54. The maximum Gasteiger partial charge on any atom is 0.0195 e. The molecule has 0 aliphatic carbocycles. The van der Waals surface area contributed by atoms with E-state index in [4.69, 9.17) is 0 Å². The highest BCUT2D eigenvalue weighted by molar-refractivity contribution is 5.27. The molecule has 2 saturated heterocycles. The van der Waals surface area contributed by atoms with Gasteiger partial charge < -0.3 is 10.2 Å². The van der Waals surface area contributed by atoms with Crippen LogP contribution in [0, 0.1) is 0 Å². The number of nitrogens with zero attached hydrogens (tertiary/aromatic N) is 2. The molecular weight excluding hydrogens is 258 g/mol. The molecule has 2 aliphatic rings. The second kappa shape index (κ2) is 6.47. The molecule has 3 rings (SSSR count). The van der Waals surface area contributed by atoms with Crippen molar-refractivity contribution >= 4 is 0 Å². The lowest BCUT2D eigenvalue weighted by molar-refractivity contribution is 0.0680. The smallest absolute Gasteiger partial charge is 0.0195 e. The second-order valence-corrected chi connectivity index (χ2v) is 6.98. The molecule has 1 aromatic rings. The molecule has 0 saturated carbocycles. The molecule has 0 radical (unpaired) electrons. The molecule has 21 heavy (non-hydrogen) atoms. The van der Waals surface area contributed by atoms with Gasteiger partial charge in [-0.2, -0.15) is 0 Å². The minimum atomic E-state index is 0.344. The van der Waals surface area contributed by atoms with Crippen molar-refractivity contribution in [2.75, 3.05) is 46.3 Å². The number of rotatable bonds is 3. The van der Waals surface area contributed by atoms with Crippen LogP contribution >= 0.6 is 0 Å². The summed E-state index contributed by atoms with van der Waals surface area (Å²) < 4.78 is 0. The van der Waals surface area contributed by atoms with Gasteiger partial charge in [-0.1, -0.05) is 30.3 Å². The van der Waals surface area contributed by atoms with E-state index in [9.17, 15) is 0 Å². The molecule has 1 atom stereocenters. The zero-order valence-corrected chi connectivity index (χ0v) is 13.5. The van der Waals surface area contributed by atoms with Crippen LogP contribution in [0.5, 0.6) is 0 Å². The lowest BCUT2D eigenvalue weighted by atomic mass is 9.72. The Labute approximate surface area is 129 Å². The number of hydrogen-bond donors (Lipinski definition) is 1. The summed E-state index contributed by atoms with van der Waals surface area (Å²) in [5.41, 5.74) is 1.88. The zero-order chi connectivity index (χ0) is 14.7. The normalized spacial score (nSPS) is 27.6. The van der Waals surface area contributed by atoms with E-state index in [2.05, 4.69) is 59.4 Å². The first-order valence-electron chi connectivity index (χ1n) is 8.38. The van der Waals surface area contributed by atoms with Gasteiger partial charge in [-0.05, 0) is 45.5 Å². The third-order valence-electron chi connectivity index (χ3n) is 5.42. The standard InChI is InChI=1S/C18H29N3/c1-16-14-20(2)12-13-21(16)15-18(8-10-19-11-9-18)17-6-4-3-5-7-17/h3-7,16,19H,8-15H2,1-2H3. The summed E-state index contributed by atoms with van der Waals surface area (Å²) in [6.45, 7) is 9.51. The summed E-state index contributed by atoms with van der Waals surface area (Å²) in [4.78, 5) is 5.18. The molecule has 1 N–H and O–H groups in total. The zero-order valence-electron chi connectivity index (χ0n) is 13.5. The van der Waals surface area contributed by atoms with Crippen molar-refractivity contribution in [3.05, 3.63) is 35.9 Å². The van der Waals surface area contributed by atoms with Crippen LogP contribution in [-0.2, 0) is 5.41 Å². The fraction of sp³-hybridized carbons (Fsp3) is 0.667. The van der Waals surface area contributed by atoms with Gasteiger partial charge in [0.25, 0.3) is 0 Å². The number of piperidine rings is 1. The van der Waals surface area contributed by atoms with Gasteiger partial charge in [0.2, 0.25) is 0 Å². The monoisotopic (exact) mass is 287 g/mol. The number of likely N-dealkylation sites (N-methyl/N-ethyl adjacent to an activating group) is 1. The Kier molecular flexibility index (Phi) is 4.63. The third-order valence-corrected chi connectivity index (χ3v) is 5.42. The summed E-state index contributed by atoms with van der Waals surface area (Å²) in [5, 5.41) is 3.54. The molecule has 2 fully saturated rings. The lowest BCUT2D eigenvalue weighted by Gasteiger charge is -2.46. The number of hydrogen-bond acceptors (Lipinski definition) is 3. The van der Waals surface area contributed by atoms with Gasteiger partial charge in [0.15, 0.2) is 0 Å². The van der Waals surface area contributed by atoms with E-state index >= 15 is 0 Å². The van der Waals surface area contributed by atoms with E-state index in [0.717, 1.165) is 13.1 Å². The largest absolute Gasteiger partial charge is 0.317 e. The van der Waals surface area contributed by atoms with Gasteiger partial charge in [-0.3, -0.25) is 4.90 Å². The minimum absolute atomic E-state index is 0.344. The fourth-order valence-electron chi connectivity index (χ4n) is 4.04. The van der Waals surface area contributed by atoms with Gasteiger partial charge in [0.05, 0.1) is 0 Å². The number of nitrogens with one attached hydrogen (secondary N) is 1. The molecule has 0 amide bonds. The molecule has 1 aromatic carbocycles. The first-order valence-corrected chi connectivity index (χ1v) is 8.38. The highest BCUT2D eigenvalue weighted by atomic mass is 15.3. The Morgan fingerprint density at radius 3 is 2.52 bits per heavy atom. The molecule has 3 heteroatoms. The van der Waals surface area contributed by atoms with Crippen molar-refractivity contribution in [3.63, 3.8) is 0 Å². The molecule has 0 bridgehead atoms. The van der Waals surface area contributed by atoms with Crippen LogP contribution in [0.15, 0.2) is 30.3 Å². The highest BCUT2D eigenvalue weighted by Gasteiger charge is 2.37. The maximum absolute atomic E-state index is 3.54. The minimum Gasteiger partial charge on any atom is -0.317 e. The van der Waals surface area contributed by atoms with Crippen LogP contribution in [0.2, 0.25) is 0 Å². The summed E-state index contributed by atoms with van der Waals surface area (Å²) in [6, 6.07) is 11.9. The Morgan fingerprint density at radius 2 is 1.86 bits per heavy atom. The molecule has 0 spiro atoms. The van der Waals surface area contributed by atoms with Crippen LogP contribution in [0.1, 0.15) is 25.3 Å². The Morgan fingerprint density at radius 1 is 1.14 bits per heavy atom. The van der Waals surface area contributed by atoms with E-state index in [-0.39, 0.29) is 0 Å². The van der Waals surface area contributed by atoms with Crippen molar-refractivity contribution in [2.45, 2.75) is 31.2 Å². The van der Waals surface area contributed by atoms with E-state index in [0.29, 0.717) is 11.5 Å². The molecule has 2 aliphatic heterocycles. The molecule has 2 heterocycles. The average Bonchev–Trinajstić information content (AvgIpc) is 2.52. The molecule has 1 unspecified atom stereocenters. The Balaban J connectivity index is 1.80. The van der Waals surface area contributed by atoms with Crippen LogP contribution in [0.25, 0.3) is 0 Å². The van der Waals surface area contributed by atoms with Crippen LogP contribution in [-0.4, -0.2) is 62.2 Å². The van der Waals surface area contributed by atoms with Crippen LogP contribution in [0.3, 0.4) is 0 Å². The first kappa shape index (κ1) is 15.0. The number of piperazine rings is 1. The molecule has 0 aromatic heterocycles. The van der Waals surface area contributed by atoms with Crippen molar-refractivity contribution in [1.29, 1.82) is 0 Å². The Bertz CT molecular complexity index is 439. The first-order chi connectivity index (χ1) is 10.2. The summed E-state index contributed by atoms with van der Waals surface area (Å²) >= 11 is 0. The van der Waals surface area contributed by atoms with E-state index in [1.54, 1.807) is 0 Å². The molecule has 3 nitrogen and oxygen atoms in total. The Hall–Kier alpha value is -0.900.